The molecule has 0 saturated heterocycles. The van der Waals surface area contributed by atoms with E-state index >= 15 is 0 Å². The fourth-order valence-corrected chi connectivity index (χ4v) is 4.40. The van der Waals surface area contributed by atoms with Gasteiger partial charge in [-0.3, -0.25) is 9.69 Å². The minimum Gasteiger partial charge on any atom is -0.349 e. The highest BCUT2D eigenvalue weighted by Gasteiger charge is 2.30. The van der Waals surface area contributed by atoms with Crippen molar-refractivity contribution in [2.75, 3.05) is 6.26 Å². The third-order valence-electron chi connectivity index (χ3n) is 5.97. The second kappa shape index (κ2) is 8.68. The standard InChI is InChI=1S/C23H26N6O3S/c1-33(31,32)21-12-10-20(11-13-21)29-22(25-26-27-29)15-28(19-8-9-19)14-16-2-4-17(5-3-16)23(30)24-18-6-7-18/h2-5,10-13,18-19H,6-9,14-15H2,1H3,(H,24,30). The summed E-state index contributed by atoms with van der Waals surface area (Å²) < 4.78 is 25.1. The predicted octanol–water partition coefficient (Wildman–Crippen LogP) is 2.12. The summed E-state index contributed by atoms with van der Waals surface area (Å²) in [6.07, 6.45) is 5.59. The topological polar surface area (TPSA) is 110 Å². The van der Waals surface area contributed by atoms with E-state index in [1.807, 2.05) is 24.3 Å². The molecule has 0 aliphatic heterocycles. The monoisotopic (exact) mass is 466 g/mol. The smallest absolute Gasteiger partial charge is 0.251 e. The summed E-state index contributed by atoms with van der Waals surface area (Å²) in [5, 5.41) is 15.2. The SMILES string of the molecule is CS(=O)(=O)c1ccc(-n2nnnc2CN(Cc2ccc(C(=O)NC3CC3)cc2)C2CC2)cc1. The molecule has 2 saturated carbocycles. The molecule has 1 N–H and O–H groups in total. The number of carbonyl (C=O) groups excluding carboxylic acids is 1. The van der Waals surface area contributed by atoms with Crippen molar-refractivity contribution in [3.05, 3.63) is 65.5 Å². The van der Waals surface area contributed by atoms with E-state index in [1.54, 1.807) is 28.9 Å². The van der Waals surface area contributed by atoms with Gasteiger partial charge in [0.1, 0.15) is 0 Å². The molecule has 10 heteroatoms. The first-order chi connectivity index (χ1) is 15.9. The number of hydrogen-bond donors (Lipinski definition) is 1. The van der Waals surface area contributed by atoms with Gasteiger partial charge in [-0.1, -0.05) is 12.1 Å². The van der Waals surface area contributed by atoms with Crippen LogP contribution in [0.15, 0.2) is 53.4 Å². The van der Waals surface area contributed by atoms with Crippen molar-refractivity contribution in [1.29, 1.82) is 0 Å². The molecular weight excluding hydrogens is 440 g/mol. The lowest BCUT2D eigenvalue weighted by molar-refractivity contribution is 0.0951. The molecule has 0 spiro atoms. The van der Waals surface area contributed by atoms with Crippen molar-refractivity contribution in [2.24, 2.45) is 0 Å². The highest BCUT2D eigenvalue weighted by molar-refractivity contribution is 7.90. The lowest BCUT2D eigenvalue weighted by Crippen LogP contribution is -2.27. The van der Waals surface area contributed by atoms with Gasteiger partial charge in [0.2, 0.25) is 0 Å². The van der Waals surface area contributed by atoms with Crippen molar-refractivity contribution in [1.82, 2.24) is 30.4 Å². The first kappa shape index (κ1) is 21.7. The van der Waals surface area contributed by atoms with Gasteiger partial charge in [0.15, 0.2) is 15.7 Å². The van der Waals surface area contributed by atoms with Gasteiger partial charge in [-0.05, 0) is 78.1 Å². The molecule has 1 amide bonds. The third kappa shape index (κ3) is 5.28. The summed E-state index contributed by atoms with van der Waals surface area (Å²) >= 11 is 0. The maximum Gasteiger partial charge on any atom is 0.251 e. The zero-order valence-electron chi connectivity index (χ0n) is 18.4. The number of sulfone groups is 1. The number of carbonyl (C=O) groups is 1. The fraction of sp³-hybridized carbons (Fsp3) is 0.391. The molecule has 1 heterocycles. The van der Waals surface area contributed by atoms with Crippen molar-refractivity contribution in [3.63, 3.8) is 0 Å². The molecule has 0 bridgehead atoms. The molecule has 0 atom stereocenters. The van der Waals surface area contributed by atoms with Crippen LogP contribution in [-0.2, 0) is 22.9 Å². The Morgan fingerprint density at radius 2 is 1.73 bits per heavy atom. The van der Waals surface area contributed by atoms with Crippen molar-refractivity contribution >= 4 is 15.7 Å². The maximum absolute atomic E-state index is 12.2. The van der Waals surface area contributed by atoms with E-state index in [1.165, 1.54) is 6.26 Å². The first-order valence-corrected chi connectivity index (χ1v) is 13.0. The van der Waals surface area contributed by atoms with Crippen LogP contribution in [0.1, 0.15) is 47.4 Å². The summed E-state index contributed by atoms with van der Waals surface area (Å²) in [4.78, 5) is 14.8. The molecule has 2 aliphatic rings. The number of aromatic nitrogens is 4. The summed E-state index contributed by atoms with van der Waals surface area (Å²) in [6.45, 7) is 1.30. The number of rotatable bonds is 9. The lowest BCUT2D eigenvalue weighted by atomic mass is 10.1. The van der Waals surface area contributed by atoms with E-state index in [4.69, 9.17) is 0 Å². The van der Waals surface area contributed by atoms with Crippen LogP contribution in [0.3, 0.4) is 0 Å². The van der Waals surface area contributed by atoms with E-state index in [0.717, 1.165) is 37.8 Å². The molecule has 2 aromatic carbocycles. The van der Waals surface area contributed by atoms with Crippen LogP contribution in [0.25, 0.3) is 5.69 Å². The molecule has 5 rings (SSSR count). The second-order valence-corrected chi connectivity index (χ2v) is 10.9. The Morgan fingerprint density at radius 3 is 2.33 bits per heavy atom. The second-order valence-electron chi connectivity index (χ2n) is 8.85. The van der Waals surface area contributed by atoms with E-state index < -0.39 is 9.84 Å². The fourth-order valence-electron chi connectivity index (χ4n) is 3.77. The summed E-state index contributed by atoms with van der Waals surface area (Å²) in [5.41, 5.74) is 2.52. The Balaban J connectivity index is 1.29. The number of benzene rings is 2. The Hall–Kier alpha value is -3.11. The molecule has 0 unspecified atom stereocenters. The minimum absolute atomic E-state index is 0.0100. The molecule has 172 valence electrons. The summed E-state index contributed by atoms with van der Waals surface area (Å²) in [7, 11) is -3.26. The molecule has 3 aromatic rings. The number of amides is 1. The third-order valence-corrected chi connectivity index (χ3v) is 7.09. The molecule has 1 aromatic heterocycles. The quantitative estimate of drug-likeness (QED) is 0.514. The van der Waals surface area contributed by atoms with Gasteiger partial charge in [-0.15, -0.1) is 5.10 Å². The summed E-state index contributed by atoms with van der Waals surface area (Å²) in [5.74, 6) is 0.679. The van der Waals surface area contributed by atoms with Gasteiger partial charge in [0, 0.05) is 30.4 Å². The van der Waals surface area contributed by atoms with Gasteiger partial charge in [0.25, 0.3) is 5.91 Å². The normalized spacial score (nSPS) is 16.2. The van der Waals surface area contributed by atoms with E-state index in [-0.39, 0.29) is 10.8 Å². The number of hydrogen-bond acceptors (Lipinski definition) is 7. The highest BCUT2D eigenvalue weighted by Crippen LogP contribution is 2.30. The summed E-state index contributed by atoms with van der Waals surface area (Å²) in [6, 6.07) is 15.1. The maximum atomic E-state index is 12.2. The van der Waals surface area contributed by atoms with E-state index in [2.05, 4.69) is 25.7 Å². The molecule has 9 nitrogen and oxygen atoms in total. The van der Waals surface area contributed by atoms with Crippen molar-refractivity contribution < 1.29 is 13.2 Å². The van der Waals surface area contributed by atoms with Gasteiger partial charge >= 0.3 is 0 Å². The zero-order valence-corrected chi connectivity index (χ0v) is 19.2. The Kier molecular flexibility index (Phi) is 5.71. The van der Waals surface area contributed by atoms with Crippen LogP contribution >= 0.6 is 0 Å². The molecular formula is C23H26N6O3S. The Morgan fingerprint density at radius 1 is 1.03 bits per heavy atom. The number of nitrogens with one attached hydrogen (secondary N) is 1. The zero-order chi connectivity index (χ0) is 23.0. The predicted molar refractivity (Wildman–Crippen MR) is 121 cm³/mol. The van der Waals surface area contributed by atoms with Crippen LogP contribution in [0, 0.1) is 0 Å². The van der Waals surface area contributed by atoms with Crippen LogP contribution < -0.4 is 5.32 Å². The van der Waals surface area contributed by atoms with Crippen LogP contribution in [0.5, 0.6) is 0 Å². The van der Waals surface area contributed by atoms with Gasteiger partial charge in [-0.2, -0.15) is 4.68 Å². The van der Waals surface area contributed by atoms with Gasteiger partial charge < -0.3 is 5.32 Å². The van der Waals surface area contributed by atoms with Crippen LogP contribution in [0.4, 0.5) is 0 Å². The highest BCUT2D eigenvalue weighted by atomic mass is 32.2. The average molecular weight is 467 g/mol. The lowest BCUT2D eigenvalue weighted by Gasteiger charge is -2.21. The Bertz CT molecular complexity index is 1250. The molecule has 2 fully saturated rings. The number of nitrogens with zero attached hydrogens (tertiary/aromatic N) is 5. The van der Waals surface area contributed by atoms with Gasteiger partial charge in [-0.25, -0.2) is 8.42 Å². The van der Waals surface area contributed by atoms with Crippen LogP contribution in [0.2, 0.25) is 0 Å². The molecule has 0 radical (unpaired) electrons. The average Bonchev–Trinajstić information content (AvgIpc) is 3.73. The van der Waals surface area contributed by atoms with Crippen LogP contribution in [-0.4, -0.2) is 57.8 Å². The van der Waals surface area contributed by atoms with E-state index in [9.17, 15) is 13.2 Å². The van der Waals surface area contributed by atoms with Gasteiger partial charge in [0.05, 0.1) is 17.1 Å². The van der Waals surface area contributed by atoms with Crippen molar-refractivity contribution in [3.8, 4) is 5.69 Å². The first-order valence-electron chi connectivity index (χ1n) is 11.1. The number of tetrazole rings is 1. The van der Waals surface area contributed by atoms with Crippen molar-refractivity contribution in [2.45, 2.75) is 55.8 Å². The molecule has 2 aliphatic carbocycles. The Labute approximate surface area is 192 Å². The largest absolute Gasteiger partial charge is 0.349 e. The minimum atomic E-state index is -3.26. The molecule has 33 heavy (non-hydrogen) atoms. The van der Waals surface area contributed by atoms with E-state index in [0.29, 0.717) is 35.7 Å².